The molecule has 0 bridgehead atoms. The lowest BCUT2D eigenvalue weighted by molar-refractivity contribution is -0.384. The van der Waals surface area contributed by atoms with Crippen molar-refractivity contribution in [3.8, 4) is 0 Å². The molecular weight excluding hydrogens is 385 g/mol. The van der Waals surface area contributed by atoms with Crippen LogP contribution in [0, 0.1) is 16.0 Å². The minimum absolute atomic E-state index is 0.0556. The molecule has 3 unspecified atom stereocenters. The molecule has 0 saturated carbocycles. The maximum Gasteiger partial charge on any atom is 0.293 e. The highest BCUT2D eigenvalue weighted by Gasteiger charge is 2.31. The van der Waals surface area contributed by atoms with Crippen molar-refractivity contribution in [2.24, 2.45) is 5.92 Å². The van der Waals surface area contributed by atoms with Crippen LogP contribution in [0.2, 0.25) is 10.0 Å². The predicted octanol–water partition coefficient (Wildman–Crippen LogP) is 2.95. The number of benzene rings is 1. The minimum Gasteiger partial charge on any atom is -0.368 e. The Kier molecular flexibility index (Phi) is 7.05. The monoisotopic (exact) mass is 405 g/mol. The van der Waals surface area contributed by atoms with E-state index in [9.17, 15) is 20.0 Å². The summed E-state index contributed by atoms with van der Waals surface area (Å²) in [6.45, 7) is 4.21. The van der Waals surface area contributed by atoms with Crippen LogP contribution in [0.15, 0.2) is 12.1 Å². The third-order valence-corrected chi connectivity index (χ3v) is 4.70. The lowest BCUT2D eigenvalue weighted by Crippen LogP contribution is -2.48. The first-order chi connectivity index (χ1) is 12.2. The Bertz CT molecular complexity index is 686. The number of nitro benzene ring substituents is 1. The molecule has 0 aliphatic carbocycles. The van der Waals surface area contributed by atoms with Gasteiger partial charge in [-0.15, -0.1) is 0 Å². The molecule has 0 radical (unpaired) electrons. The van der Waals surface area contributed by atoms with Crippen molar-refractivity contribution >= 4 is 40.5 Å². The van der Waals surface area contributed by atoms with Crippen LogP contribution in [-0.4, -0.2) is 40.9 Å². The number of carbonyl (C=O) groups is 1. The van der Waals surface area contributed by atoms with Crippen LogP contribution in [0.1, 0.15) is 26.7 Å². The number of nitrogens with zero attached hydrogens (tertiary/aromatic N) is 1. The molecule has 144 valence electrons. The van der Waals surface area contributed by atoms with Gasteiger partial charge in [-0.3, -0.25) is 14.9 Å². The van der Waals surface area contributed by atoms with Gasteiger partial charge in [0.05, 0.1) is 27.6 Å². The van der Waals surface area contributed by atoms with Gasteiger partial charge < -0.3 is 20.5 Å². The summed E-state index contributed by atoms with van der Waals surface area (Å²) in [5, 5.41) is 26.8. The molecule has 8 nitrogen and oxygen atoms in total. The number of aliphatic hydroxyl groups is 1. The van der Waals surface area contributed by atoms with E-state index in [1.54, 1.807) is 0 Å². The molecule has 1 aliphatic rings. The van der Waals surface area contributed by atoms with Crippen LogP contribution in [-0.2, 0) is 9.53 Å². The highest BCUT2D eigenvalue weighted by molar-refractivity contribution is 6.42. The van der Waals surface area contributed by atoms with Gasteiger partial charge >= 0.3 is 0 Å². The van der Waals surface area contributed by atoms with Crippen molar-refractivity contribution in [1.29, 1.82) is 0 Å². The zero-order valence-corrected chi connectivity index (χ0v) is 15.9. The molecule has 1 heterocycles. The maximum absolute atomic E-state index is 12.6. The fraction of sp³-hybridized carbons (Fsp3) is 0.562. The van der Waals surface area contributed by atoms with Crippen molar-refractivity contribution in [3.05, 3.63) is 32.3 Å². The Hall–Kier alpha value is -1.61. The van der Waals surface area contributed by atoms with Gasteiger partial charge in [-0.25, -0.2) is 0 Å². The molecule has 1 fully saturated rings. The van der Waals surface area contributed by atoms with E-state index < -0.39 is 23.3 Å². The Morgan fingerprint density at radius 2 is 2.08 bits per heavy atom. The lowest BCUT2D eigenvalue weighted by atomic mass is 10.0. The number of nitrogens with one attached hydrogen (secondary N) is 2. The first-order valence-electron chi connectivity index (χ1n) is 8.19. The predicted molar refractivity (Wildman–Crippen MR) is 98.5 cm³/mol. The van der Waals surface area contributed by atoms with Crippen molar-refractivity contribution in [1.82, 2.24) is 5.32 Å². The lowest BCUT2D eigenvalue weighted by Gasteiger charge is -2.24. The third-order valence-electron chi connectivity index (χ3n) is 3.98. The van der Waals surface area contributed by atoms with Gasteiger partial charge in [0.15, 0.2) is 6.29 Å². The van der Waals surface area contributed by atoms with Gasteiger partial charge in [0.2, 0.25) is 5.91 Å². The fourth-order valence-electron chi connectivity index (χ4n) is 2.69. The molecule has 0 aromatic heterocycles. The average molecular weight is 406 g/mol. The van der Waals surface area contributed by atoms with E-state index in [1.807, 2.05) is 13.8 Å². The molecule has 2 rings (SSSR count). The summed E-state index contributed by atoms with van der Waals surface area (Å²) >= 11 is 11.8. The smallest absolute Gasteiger partial charge is 0.293 e. The van der Waals surface area contributed by atoms with Crippen molar-refractivity contribution in [2.45, 2.75) is 45.1 Å². The third kappa shape index (κ3) is 5.20. The van der Waals surface area contributed by atoms with E-state index in [0.717, 1.165) is 6.07 Å². The molecule has 3 atom stereocenters. The van der Waals surface area contributed by atoms with Crippen LogP contribution in [0.5, 0.6) is 0 Å². The Labute approximate surface area is 161 Å². The van der Waals surface area contributed by atoms with Gasteiger partial charge in [-0.1, -0.05) is 37.0 Å². The van der Waals surface area contributed by atoms with Crippen LogP contribution >= 0.6 is 23.2 Å². The number of nitro groups is 1. The molecule has 1 aromatic carbocycles. The zero-order chi connectivity index (χ0) is 19.4. The second-order valence-electron chi connectivity index (χ2n) is 6.53. The van der Waals surface area contributed by atoms with E-state index in [0.29, 0.717) is 19.4 Å². The average Bonchev–Trinajstić information content (AvgIpc) is 2.94. The number of anilines is 1. The summed E-state index contributed by atoms with van der Waals surface area (Å²) in [4.78, 5) is 23.3. The number of halogens is 2. The van der Waals surface area contributed by atoms with Crippen LogP contribution in [0.4, 0.5) is 11.4 Å². The Balaban J connectivity index is 2.23. The van der Waals surface area contributed by atoms with Crippen molar-refractivity contribution in [3.63, 3.8) is 0 Å². The van der Waals surface area contributed by atoms with E-state index in [2.05, 4.69) is 10.6 Å². The first kappa shape index (κ1) is 20.7. The van der Waals surface area contributed by atoms with Gasteiger partial charge in [0, 0.05) is 6.07 Å². The molecule has 1 aromatic rings. The van der Waals surface area contributed by atoms with Crippen molar-refractivity contribution in [2.75, 3.05) is 11.9 Å². The number of amides is 1. The van der Waals surface area contributed by atoms with Crippen LogP contribution in [0.3, 0.4) is 0 Å². The summed E-state index contributed by atoms with van der Waals surface area (Å²) in [5.41, 5.74) is -0.168. The van der Waals surface area contributed by atoms with E-state index in [1.165, 1.54) is 6.07 Å². The van der Waals surface area contributed by atoms with E-state index >= 15 is 0 Å². The quantitative estimate of drug-likeness (QED) is 0.474. The van der Waals surface area contributed by atoms with Gasteiger partial charge in [-0.2, -0.15) is 0 Å². The topological polar surface area (TPSA) is 114 Å². The number of hydrogen-bond acceptors (Lipinski definition) is 6. The molecule has 1 aliphatic heterocycles. The number of ether oxygens (including phenoxy) is 1. The number of carbonyl (C=O) groups excluding carboxylic acids is 1. The highest BCUT2D eigenvalue weighted by Crippen LogP contribution is 2.34. The minimum atomic E-state index is -1.06. The van der Waals surface area contributed by atoms with E-state index in [4.69, 9.17) is 27.9 Å². The number of hydrogen-bond donors (Lipinski definition) is 3. The second kappa shape index (κ2) is 8.85. The fourth-order valence-corrected chi connectivity index (χ4v) is 3.02. The van der Waals surface area contributed by atoms with Gasteiger partial charge in [0.25, 0.3) is 5.69 Å². The van der Waals surface area contributed by atoms with Crippen LogP contribution < -0.4 is 10.6 Å². The molecule has 10 heteroatoms. The molecule has 1 amide bonds. The number of rotatable bonds is 7. The number of aliphatic hydroxyl groups excluding tert-OH is 1. The van der Waals surface area contributed by atoms with Gasteiger partial charge in [0.1, 0.15) is 11.7 Å². The molecule has 26 heavy (non-hydrogen) atoms. The Morgan fingerprint density at radius 1 is 1.42 bits per heavy atom. The van der Waals surface area contributed by atoms with E-state index in [-0.39, 0.29) is 33.2 Å². The van der Waals surface area contributed by atoms with Crippen molar-refractivity contribution < 1.29 is 19.6 Å². The summed E-state index contributed by atoms with van der Waals surface area (Å²) in [6, 6.07) is 1.21. The second-order valence-corrected chi connectivity index (χ2v) is 7.35. The summed E-state index contributed by atoms with van der Waals surface area (Å²) in [7, 11) is 0. The van der Waals surface area contributed by atoms with Crippen LogP contribution in [0.25, 0.3) is 0 Å². The molecule has 0 spiro atoms. The molecular formula is C16H21Cl2N3O5. The molecule has 3 N–H and O–H groups in total. The maximum atomic E-state index is 12.6. The highest BCUT2D eigenvalue weighted by atomic mass is 35.5. The summed E-state index contributed by atoms with van der Waals surface area (Å²) < 4.78 is 5.02. The molecule has 1 saturated heterocycles. The van der Waals surface area contributed by atoms with Gasteiger partial charge in [-0.05, 0) is 24.8 Å². The standard InChI is InChI=1S/C16H21Cl2N3O5/c1-8(2)5-13(15(22)20-11-3-4-26-16(11)23)19-12-6-9(17)10(18)7-14(12)21(24)25/h6-8,11,13,16,19,23H,3-5H2,1-2H3,(H,20,22). The normalized spacial score (nSPS) is 20.8. The largest absolute Gasteiger partial charge is 0.368 e. The SMILES string of the molecule is CC(C)CC(Nc1cc(Cl)c(Cl)cc1[N+](=O)[O-])C(=O)NC1CCOC1O. The zero-order valence-electron chi connectivity index (χ0n) is 14.4. The summed E-state index contributed by atoms with van der Waals surface area (Å²) in [6.07, 6.45) is -0.140. The summed E-state index contributed by atoms with van der Waals surface area (Å²) in [5.74, 6) is -0.238. The Morgan fingerprint density at radius 3 is 2.62 bits per heavy atom. The first-order valence-corrected chi connectivity index (χ1v) is 8.94.